The molecule has 15 heavy (non-hydrogen) atoms. The van der Waals surface area contributed by atoms with Crippen LogP contribution in [0.2, 0.25) is 0 Å². The largest absolute Gasteiger partial charge is 0.369 e. The molecule has 1 aromatic rings. The third-order valence-corrected chi connectivity index (χ3v) is 2.94. The summed E-state index contributed by atoms with van der Waals surface area (Å²) in [5, 5.41) is 0. The summed E-state index contributed by atoms with van der Waals surface area (Å²) in [5.41, 5.74) is 3.77. The Labute approximate surface area is 98.0 Å². The normalized spacial score (nSPS) is 10.8. The minimum atomic E-state index is 0.514. The van der Waals surface area contributed by atoms with Gasteiger partial charge < -0.3 is 4.90 Å². The van der Waals surface area contributed by atoms with Gasteiger partial charge in [-0.3, -0.25) is 0 Å². The van der Waals surface area contributed by atoms with Crippen molar-refractivity contribution in [2.75, 3.05) is 11.4 Å². The molecule has 0 N–H and O–H groups in total. The van der Waals surface area contributed by atoms with Crippen molar-refractivity contribution in [3.8, 4) is 0 Å². The molecular weight excluding hydrogens is 206 g/mol. The maximum absolute atomic E-state index is 5.98. The minimum Gasteiger partial charge on any atom is -0.369 e. The number of nitrogens with zero attached hydrogens (tertiary/aromatic N) is 1. The molecule has 0 aliphatic heterocycles. The van der Waals surface area contributed by atoms with Gasteiger partial charge in [0.25, 0.3) is 0 Å². The number of rotatable bonds is 4. The smallest absolute Gasteiger partial charge is 0.0494 e. The van der Waals surface area contributed by atoms with Crippen molar-refractivity contribution in [2.24, 2.45) is 0 Å². The van der Waals surface area contributed by atoms with Gasteiger partial charge in [0.15, 0.2) is 0 Å². The Kier molecular flexibility index (Phi) is 4.46. The van der Waals surface area contributed by atoms with Gasteiger partial charge in [-0.2, -0.15) is 0 Å². The van der Waals surface area contributed by atoms with Crippen LogP contribution in [0.1, 0.15) is 31.9 Å². The molecule has 0 heterocycles. The predicted molar refractivity (Wildman–Crippen MR) is 68.9 cm³/mol. The van der Waals surface area contributed by atoms with E-state index >= 15 is 0 Å². The van der Waals surface area contributed by atoms with Crippen LogP contribution in [0.4, 0.5) is 5.69 Å². The highest BCUT2D eigenvalue weighted by atomic mass is 35.5. The molecule has 0 bridgehead atoms. The first kappa shape index (κ1) is 12.4. The van der Waals surface area contributed by atoms with Gasteiger partial charge in [-0.1, -0.05) is 17.7 Å². The summed E-state index contributed by atoms with van der Waals surface area (Å²) < 4.78 is 0. The van der Waals surface area contributed by atoms with Gasteiger partial charge in [-0.15, -0.1) is 11.6 Å². The van der Waals surface area contributed by atoms with Crippen LogP contribution in [0.5, 0.6) is 0 Å². The van der Waals surface area contributed by atoms with Crippen molar-refractivity contribution in [3.05, 3.63) is 29.3 Å². The molecule has 0 unspecified atom stereocenters. The second kappa shape index (κ2) is 5.41. The third kappa shape index (κ3) is 2.88. The number of aryl methyl sites for hydroxylation is 1. The van der Waals surface area contributed by atoms with Crippen LogP contribution in [-0.2, 0) is 5.88 Å². The molecule has 84 valence electrons. The molecule has 0 amide bonds. The predicted octanol–water partition coefficient (Wildman–Crippen LogP) is 3.97. The maximum atomic E-state index is 5.98. The Hall–Kier alpha value is -0.690. The summed E-state index contributed by atoms with van der Waals surface area (Å²) in [6.45, 7) is 9.72. The number of hydrogen-bond donors (Lipinski definition) is 0. The topological polar surface area (TPSA) is 3.24 Å². The van der Waals surface area contributed by atoms with E-state index < -0.39 is 0 Å². The number of anilines is 1. The molecule has 0 spiro atoms. The number of benzene rings is 1. The second-order valence-corrected chi connectivity index (χ2v) is 4.41. The highest BCUT2D eigenvalue weighted by Gasteiger charge is 2.11. The van der Waals surface area contributed by atoms with Crippen LogP contribution in [0.15, 0.2) is 18.2 Å². The van der Waals surface area contributed by atoms with Gasteiger partial charge in [0.1, 0.15) is 0 Å². The Balaban J connectivity index is 3.11. The Morgan fingerprint density at radius 1 is 1.33 bits per heavy atom. The molecule has 0 aliphatic rings. The summed E-state index contributed by atoms with van der Waals surface area (Å²) in [5.74, 6) is 0.584. The van der Waals surface area contributed by atoms with E-state index in [4.69, 9.17) is 11.6 Å². The van der Waals surface area contributed by atoms with Crippen molar-refractivity contribution in [1.82, 2.24) is 0 Å². The van der Waals surface area contributed by atoms with E-state index in [-0.39, 0.29) is 0 Å². The summed E-state index contributed by atoms with van der Waals surface area (Å²) in [4.78, 5) is 2.37. The Morgan fingerprint density at radius 3 is 2.47 bits per heavy atom. The first-order chi connectivity index (χ1) is 7.10. The Morgan fingerprint density at radius 2 is 2.00 bits per heavy atom. The average Bonchev–Trinajstić information content (AvgIpc) is 2.20. The van der Waals surface area contributed by atoms with Gasteiger partial charge in [-0.05, 0) is 39.3 Å². The van der Waals surface area contributed by atoms with Crippen molar-refractivity contribution in [1.29, 1.82) is 0 Å². The first-order valence-corrected chi connectivity index (χ1v) is 6.05. The van der Waals surface area contributed by atoms with Crippen LogP contribution in [0.25, 0.3) is 0 Å². The molecule has 0 saturated heterocycles. The fourth-order valence-electron chi connectivity index (χ4n) is 1.92. The van der Waals surface area contributed by atoms with Crippen LogP contribution in [-0.4, -0.2) is 12.6 Å². The third-order valence-electron chi connectivity index (χ3n) is 2.65. The number of hydrogen-bond acceptors (Lipinski definition) is 1. The van der Waals surface area contributed by atoms with Gasteiger partial charge in [0, 0.05) is 24.2 Å². The van der Waals surface area contributed by atoms with E-state index in [0.29, 0.717) is 11.9 Å². The molecule has 0 aromatic heterocycles. The zero-order chi connectivity index (χ0) is 11.4. The fourth-order valence-corrected chi connectivity index (χ4v) is 2.13. The van der Waals surface area contributed by atoms with Gasteiger partial charge >= 0.3 is 0 Å². The lowest BCUT2D eigenvalue weighted by molar-refractivity contribution is 0.701. The lowest BCUT2D eigenvalue weighted by Gasteiger charge is -2.29. The molecular formula is C13H20ClN. The zero-order valence-corrected chi connectivity index (χ0v) is 10.8. The number of halogens is 1. The van der Waals surface area contributed by atoms with Gasteiger partial charge in [0.2, 0.25) is 0 Å². The molecule has 1 aromatic carbocycles. The van der Waals surface area contributed by atoms with E-state index in [1.807, 2.05) is 0 Å². The lowest BCUT2D eigenvalue weighted by atomic mass is 10.1. The zero-order valence-electron chi connectivity index (χ0n) is 10.0. The Bertz CT molecular complexity index is 320. The van der Waals surface area contributed by atoms with Gasteiger partial charge in [0.05, 0.1) is 0 Å². The molecule has 0 radical (unpaired) electrons. The SMILES string of the molecule is CCN(c1ccc(C)cc1CCl)C(C)C. The van der Waals surface area contributed by atoms with Crippen LogP contribution in [0, 0.1) is 6.92 Å². The van der Waals surface area contributed by atoms with E-state index in [1.54, 1.807) is 0 Å². The highest BCUT2D eigenvalue weighted by Crippen LogP contribution is 2.25. The summed E-state index contributed by atoms with van der Waals surface area (Å²) in [7, 11) is 0. The fraction of sp³-hybridized carbons (Fsp3) is 0.538. The standard InChI is InChI=1S/C13H20ClN/c1-5-15(10(2)3)13-7-6-11(4)8-12(13)9-14/h6-8,10H,5,9H2,1-4H3. The van der Waals surface area contributed by atoms with Crippen LogP contribution >= 0.6 is 11.6 Å². The van der Waals surface area contributed by atoms with E-state index in [2.05, 4.69) is 50.8 Å². The average molecular weight is 226 g/mol. The molecule has 0 saturated carbocycles. The van der Waals surface area contributed by atoms with E-state index in [0.717, 1.165) is 6.54 Å². The molecule has 0 atom stereocenters. The van der Waals surface area contributed by atoms with Crippen LogP contribution in [0.3, 0.4) is 0 Å². The molecule has 1 rings (SSSR count). The summed E-state index contributed by atoms with van der Waals surface area (Å²) in [6, 6.07) is 7.01. The van der Waals surface area contributed by atoms with Crippen molar-refractivity contribution >= 4 is 17.3 Å². The first-order valence-electron chi connectivity index (χ1n) is 5.52. The van der Waals surface area contributed by atoms with Crippen molar-refractivity contribution in [3.63, 3.8) is 0 Å². The highest BCUT2D eigenvalue weighted by molar-refractivity contribution is 6.17. The minimum absolute atomic E-state index is 0.514. The van der Waals surface area contributed by atoms with E-state index in [1.165, 1.54) is 16.8 Å². The summed E-state index contributed by atoms with van der Waals surface area (Å²) >= 11 is 5.98. The van der Waals surface area contributed by atoms with Crippen molar-refractivity contribution < 1.29 is 0 Å². The molecule has 1 nitrogen and oxygen atoms in total. The van der Waals surface area contributed by atoms with Gasteiger partial charge in [-0.25, -0.2) is 0 Å². The van der Waals surface area contributed by atoms with E-state index in [9.17, 15) is 0 Å². The second-order valence-electron chi connectivity index (χ2n) is 4.15. The quantitative estimate of drug-likeness (QED) is 0.701. The number of alkyl halides is 1. The summed E-state index contributed by atoms with van der Waals surface area (Å²) in [6.07, 6.45) is 0. The monoisotopic (exact) mass is 225 g/mol. The maximum Gasteiger partial charge on any atom is 0.0494 e. The van der Waals surface area contributed by atoms with Crippen molar-refractivity contribution in [2.45, 2.75) is 39.6 Å². The van der Waals surface area contributed by atoms with Crippen LogP contribution < -0.4 is 4.90 Å². The lowest BCUT2D eigenvalue weighted by Crippen LogP contribution is -2.31. The molecule has 0 fully saturated rings. The molecule has 0 aliphatic carbocycles. The molecule has 2 heteroatoms.